The van der Waals surface area contributed by atoms with E-state index in [1.165, 1.54) is 51.7 Å². The smallest absolute Gasteiger partial charge is 0.0251 e. The molecule has 4 aliphatic rings. The molecule has 122 valence electrons. The predicted octanol–water partition coefficient (Wildman–Crippen LogP) is 3.91. The Balaban J connectivity index is 1.72. The SMILES string of the molecule is CCCNC(CN(C)CCC)C12CC3CC(CC(C3)C1)C2. The average Bonchev–Trinajstić information content (AvgIpc) is 2.42. The largest absolute Gasteiger partial charge is 0.312 e. The third-order valence-electron chi connectivity index (χ3n) is 6.57. The van der Waals surface area contributed by atoms with Crippen molar-refractivity contribution in [1.29, 1.82) is 0 Å². The van der Waals surface area contributed by atoms with Crippen molar-refractivity contribution in [3.05, 3.63) is 0 Å². The fourth-order valence-corrected chi connectivity index (χ4v) is 6.18. The zero-order valence-electron chi connectivity index (χ0n) is 14.5. The van der Waals surface area contributed by atoms with E-state index in [0.29, 0.717) is 5.41 Å². The van der Waals surface area contributed by atoms with Crippen molar-refractivity contribution in [3.63, 3.8) is 0 Å². The summed E-state index contributed by atoms with van der Waals surface area (Å²) in [6, 6.07) is 0.738. The molecule has 0 aromatic rings. The van der Waals surface area contributed by atoms with E-state index < -0.39 is 0 Å². The van der Waals surface area contributed by atoms with Crippen LogP contribution in [0.1, 0.15) is 65.2 Å². The molecule has 0 heterocycles. The van der Waals surface area contributed by atoms with Gasteiger partial charge in [-0.3, -0.25) is 0 Å². The Kier molecular flexibility index (Phi) is 4.95. The fourth-order valence-electron chi connectivity index (χ4n) is 6.18. The molecule has 2 nitrogen and oxygen atoms in total. The van der Waals surface area contributed by atoms with Gasteiger partial charge in [-0.1, -0.05) is 13.8 Å². The van der Waals surface area contributed by atoms with Gasteiger partial charge in [-0.05, 0) is 94.7 Å². The van der Waals surface area contributed by atoms with Gasteiger partial charge in [-0.2, -0.15) is 0 Å². The summed E-state index contributed by atoms with van der Waals surface area (Å²) in [7, 11) is 2.32. The van der Waals surface area contributed by atoms with E-state index in [-0.39, 0.29) is 0 Å². The number of hydrogen-bond donors (Lipinski definition) is 1. The third-order valence-corrected chi connectivity index (χ3v) is 6.57. The lowest BCUT2D eigenvalue weighted by molar-refractivity contribution is -0.0778. The second-order valence-electron chi connectivity index (χ2n) is 8.55. The van der Waals surface area contributed by atoms with Crippen molar-refractivity contribution in [2.45, 2.75) is 71.3 Å². The molecule has 1 unspecified atom stereocenters. The first-order chi connectivity index (χ1) is 10.1. The normalized spacial score (nSPS) is 39.1. The number of nitrogens with zero attached hydrogens (tertiary/aromatic N) is 1. The standard InChI is InChI=1S/C19H36N2/c1-4-6-20-18(14-21(3)7-5-2)19-11-15-8-16(12-19)10-17(9-15)13-19/h15-18,20H,4-14H2,1-3H3. The maximum Gasteiger partial charge on any atom is 0.0251 e. The predicted molar refractivity (Wildman–Crippen MR) is 90.5 cm³/mol. The number of likely N-dealkylation sites (N-methyl/N-ethyl adjacent to an activating group) is 1. The van der Waals surface area contributed by atoms with Crippen LogP contribution in [0.4, 0.5) is 0 Å². The highest BCUT2D eigenvalue weighted by Crippen LogP contribution is 2.61. The van der Waals surface area contributed by atoms with Gasteiger partial charge in [0.1, 0.15) is 0 Å². The molecule has 1 atom stereocenters. The molecule has 0 aromatic carbocycles. The second-order valence-corrected chi connectivity index (χ2v) is 8.55. The molecular weight excluding hydrogens is 256 g/mol. The van der Waals surface area contributed by atoms with Crippen LogP contribution in [-0.4, -0.2) is 37.6 Å². The van der Waals surface area contributed by atoms with Gasteiger partial charge >= 0.3 is 0 Å². The van der Waals surface area contributed by atoms with E-state index in [1.54, 1.807) is 19.3 Å². The third kappa shape index (κ3) is 3.32. The van der Waals surface area contributed by atoms with Gasteiger partial charge in [0.2, 0.25) is 0 Å². The Hall–Kier alpha value is -0.0800. The maximum atomic E-state index is 3.97. The highest BCUT2D eigenvalue weighted by atomic mass is 15.1. The first-order valence-electron chi connectivity index (χ1n) is 9.57. The van der Waals surface area contributed by atoms with E-state index in [2.05, 4.69) is 31.1 Å². The summed E-state index contributed by atoms with van der Waals surface area (Å²) in [4.78, 5) is 2.58. The monoisotopic (exact) mass is 292 g/mol. The summed E-state index contributed by atoms with van der Waals surface area (Å²) in [5.74, 6) is 3.20. The summed E-state index contributed by atoms with van der Waals surface area (Å²) >= 11 is 0. The molecule has 4 fully saturated rings. The highest BCUT2D eigenvalue weighted by molar-refractivity contribution is 5.06. The molecule has 4 bridgehead atoms. The molecular formula is C19H36N2. The Morgan fingerprint density at radius 1 is 1.00 bits per heavy atom. The maximum absolute atomic E-state index is 3.97. The van der Waals surface area contributed by atoms with E-state index in [4.69, 9.17) is 0 Å². The van der Waals surface area contributed by atoms with Crippen LogP contribution in [0.5, 0.6) is 0 Å². The number of hydrogen-bond acceptors (Lipinski definition) is 2. The summed E-state index contributed by atoms with van der Waals surface area (Å²) in [6.07, 6.45) is 11.8. The van der Waals surface area contributed by atoms with Gasteiger partial charge in [0.25, 0.3) is 0 Å². The van der Waals surface area contributed by atoms with Crippen molar-refractivity contribution in [3.8, 4) is 0 Å². The summed E-state index contributed by atoms with van der Waals surface area (Å²) in [5.41, 5.74) is 0.645. The van der Waals surface area contributed by atoms with E-state index >= 15 is 0 Å². The molecule has 0 saturated heterocycles. The average molecular weight is 293 g/mol. The molecule has 0 amide bonds. The molecule has 0 aliphatic heterocycles. The van der Waals surface area contributed by atoms with Gasteiger partial charge < -0.3 is 10.2 Å². The first kappa shape index (κ1) is 15.8. The zero-order valence-corrected chi connectivity index (χ0v) is 14.5. The molecule has 4 aliphatic carbocycles. The number of nitrogens with one attached hydrogen (secondary N) is 1. The van der Waals surface area contributed by atoms with Crippen LogP contribution in [0, 0.1) is 23.2 Å². The van der Waals surface area contributed by atoms with E-state index in [9.17, 15) is 0 Å². The molecule has 4 rings (SSSR count). The van der Waals surface area contributed by atoms with Crippen molar-refractivity contribution >= 4 is 0 Å². The Bertz CT molecular complexity index is 303. The molecule has 21 heavy (non-hydrogen) atoms. The molecule has 0 aromatic heterocycles. The highest BCUT2D eigenvalue weighted by Gasteiger charge is 2.53. The van der Waals surface area contributed by atoms with Crippen molar-refractivity contribution in [2.24, 2.45) is 23.2 Å². The summed E-state index contributed by atoms with van der Waals surface area (Å²) in [6.45, 7) is 8.32. The Morgan fingerprint density at radius 2 is 1.57 bits per heavy atom. The molecule has 0 radical (unpaired) electrons. The minimum atomic E-state index is 0.645. The zero-order chi connectivity index (χ0) is 14.9. The number of rotatable bonds is 8. The quantitative estimate of drug-likeness (QED) is 0.729. The van der Waals surface area contributed by atoms with Crippen LogP contribution in [0.3, 0.4) is 0 Å². The molecule has 0 spiro atoms. The van der Waals surface area contributed by atoms with Gasteiger partial charge in [0, 0.05) is 12.6 Å². The van der Waals surface area contributed by atoms with Crippen LogP contribution in [0.2, 0.25) is 0 Å². The van der Waals surface area contributed by atoms with Crippen LogP contribution in [0.15, 0.2) is 0 Å². The fraction of sp³-hybridized carbons (Fsp3) is 1.00. The van der Waals surface area contributed by atoms with Gasteiger partial charge in [-0.15, -0.1) is 0 Å². The minimum absolute atomic E-state index is 0.645. The van der Waals surface area contributed by atoms with Crippen molar-refractivity contribution in [2.75, 3.05) is 26.7 Å². The lowest BCUT2D eigenvalue weighted by Gasteiger charge is -2.60. The van der Waals surface area contributed by atoms with E-state index in [1.807, 2.05) is 0 Å². The minimum Gasteiger partial charge on any atom is -0.312 e. The van der Waals surface area contributed by atoms with Crippen LogP contribution < -0.4 is 5.32 Å². The topological polar surface area (TPSA) is 15.3 Å². The lowest BCUT2D eigenvalue weighted by Crippen LogP contribution is -2.59. The second kappa shape index (κ2) is 6.58. The lowest BCUT2D eigenvalue weighted by atomic mass is 9.47. The summed E-state index contributed by atoms with van der Waals surface area (Å²) < 4.78 is 0. The summed E-state index contributed by atoms with van der Waals surface area (Å²) in [5, 5.41) is 3.97. The van der Waals surface area contributed by atoms with Gasteiger partial charge in [0.15, 0.2) is 0 Å². The van der Waals surface area contributed by atoms with E-state index in [0.717, 1.165) is 23.8 Å². The molecule has 4 saturated carbocycles. The Morgan fingerprint density at radius 3 is 2.05 bits per heavy atom. The van der Waals surface area contributed by atoms with Crippen molar-refractivity contribution in [1.82, 2.24) is 10.2 Å². The Labute approximate surface area is 132 Å². The molecule has 2 heteroatoms. The van der Waals surface area contributed by atoms with Crippen LogP contribution in [-0.2, 0) is 0 Å². The molecule has 1 N–H and O–H groups in total. The van der Waals surface area contributed by atoms with Crippen LogP contribution >= 0.6 is 0 Å². The first-order valence-corrected chi connectivity index (χ1v) is 9.57. The van der Waals surface area contributed by atoms with Gasteiger partial charge in [0.05, 0.1) is 0 Å². The van der Waals surface area contributed by atoms with Crippen LogP contribution in [0.25, 0.3) is 0 Å². The van der Waals surface area contributed by atoms with Crippen molar-refractivity contribution < 1.29 is 0 Å². The van der Waals surface area contributed by atoms with Gasteiger partial charge in [-0.25, -0.2) is 0 Å².